The highest BCUT2D eigenvalue weighted by atomic mass is 16.5. The molecule has 3 heteroatoms. The summed E-state index contributed by atoms with van der Waals surface area (Å²) < 4.78 is 6.08. The molecule has 1 saturated heterocycles. The molecule has 33 heavy (non-hydrogen) atoms. The van der Waals surface area contributed by atoms with Gasteiger partial charge in [-0.2, -0.15) is 0 Å². The van der Waals surface area contributed by atoms with Crippen LogP contribution in [0.2, 0.25) is 0 Å². The van der Waals surface area contributed by atoms with E-state index in [9.17, 15) is 5.11 Å². The number of hydrogen-bond acceptors (Lipinski definition) is 3. The minimum Gasteiger partial charge on any atom is -0.489 e. The van der Waals surface area contributed by atoms with Crippen LogP contribution in [-0.4, -0.2) is 29.6 Å². The van der Waals surface area contributed by atoms with E-state index in [4.69, 9.17) is 4.74 Å². The SMILES string of the molecule is OC1(c2ccccc2)CCN(CCc2ccc(COc3ccc4c(c3)CCCC4)cc2)CC1. The van der Waals surface area contributed by atoms with E-state index < -0.39 is 5.60 Å². The lowest BCUT2D eigenvalue weighted by Crippen LogP contribution is -2.43. The van der Waals surface area contributed by atoms with E-state index in [1.165, 1.54) is 47.9 Å². The summed E-state index contributed by atoms with van der Waals surface area (Å²) in [4.78, 5) is 2.48. The van der Waals surface area contributed by atoms with Gasteiger partial charge in [-0.3, -0.25) is 0 Å². The number of likely N-dealkylation sites (tertiary alicyclic amines) is 1. The van der Waals surface area contributed by atoms with Crippen LogP contribution in [0.1, 0.15) is 53.5 Å². The molecule has 3 aromatic carbocycles. The summed E-state index contributed by atoms with van der Waals surface area (Å²) in [5.41, 5.74) is 5.92. The molecule has 0 bridgehead atoms. The van der Waals surface area contributed by atoms with Crippen molar-refractivity contribution in [2.24, 2.45) is 0 Å². The molecule has 0 atom stereocenters. The van der Waals surface area contributed by atoms with Crippen LogP contribution in [0.25, 0.3) is 0 Å². The summed E-state index contributed by atoms with van der Waals surface area (Å²) in [6.45, 7) is 3.54. The van der Waals surface area contributed by atoms with Crippen molar-refractivity contribution >= 4 is 0 Å². The molecular formula is C30H35NO2. The van der Waals surface area contributed by atoms with Gasteiger partial charge in [-0.25, -0.2) is 0 Å². The molecule has 1 N–H and O–H groups in total. The van der Waals surface area contributed by atoms with E-state index in [1.807, 2.05) is 30.3 Å². The van der Waals surface area contributed by atoms with Crippen molar-refractivity contribution in [2.75, 3.05) is 19.6 Å². The predicted molar refractivity (Wildman–Crippen MR) is 134 cm³/mol. The maximum Gasteiger partial charge on any atom is 0.120 e. The van der Waals surface area contributed by atoms with Gasteiger partial charge in [0.15, 0.2) is 0 Å². The van der Waals surface area contributed by atoms with Crippen molar-refractivity contribution in [3.05, 3.63) is 101 Å². The second-order valence-corrected chi connectivity index (χ2v) is 9.73. The minimum absolute atomic E-state index is 0.614. The Morgan fingerprint density at radius 2 is 1.48 bits per heavy atom. The first-order chi connectivity index (χ1) is 16.2. The van der Waals surface area contributed by atoms with Gasteiger partial charge in [0.05, 0.1) is 5.60 Å². The Morgan fingerprint density at radius 1 is 0.788 bits per heavy atom. The van der Waals surface area contributed by atoms with Gasteiger partial charge in [-0.1, -0.05) is 60.7 Å². The van der Waals surface area contributed by atoms with Gasteiger partial charge in [0, 0.05) is 19.6 Å². The van der Waals surface area contributed by atoms with Crippen LogP contribution in [0, 0.1) is 0 Å². The fourth-order valence-electron chi connectivity index (χ4n) is 5.24. The summed E-state index contributed by atoms with van der Waals surface area (Å²) in [6.07, 6.45) is 7.64. The molecule has 1 heterocycles. The van der Waals surface area contributed by atoms with Crippen molar-refractivity contribution in [1.82, 2.24) is 4.90 Å². The van der Waals surface area contributed by atoms with Crippen LogP contribution in [-0.2, 0) is 31.5 Å². The van der Waals surface area contributed by atoms with Gasteiger partial charge in [0.1, 0.15) is 12.4 Å². The van der Waals surface area contributed by atoms with E-state index in [2.05, 4.69) is 47.4 Å². The minimum atomic E-state index is -0.669. The Bertz CT molecular complexity index is 1040. The average Bonchev–Trinajstić information content (AvgIpc) is 2.88. The zero-order chi connectivity index (χ0) is 22.5. The molecule has 1 aliphatic carbocycles. The third-order valence-electron chi connectivity index (χ3n) is 7.46. The van der Waals surface area contributed by atoms with Crippen LogP contribution in [0.4, 0.5) is 0 Å². The van der Waals surface area contributed by atoms with Crippen LogP contribution in [0.3, 0.4) is 0 Å². The molecule has 0 amide bonds. The molecule has 2 aliphatic rings. The summed E-state index contributed by atoms with van der Waals surface area (Å²) in [6, 6.07) is 25.6. The highest BCUT2D eigenvalue weighted by Gasteiger charge is 2.33. The quantitative estimate of drug-likeness (QED) is 0.513. The Hall–Kier alpha value is -2.62. The number of benzene rings is 3. The van der Waals surface area contributed by atoms with E-state index in [-0.39, 0.29) is 0 Å². The second kappa shape index (κ2) is 10.1. The normalized spacial score (nSPS) is 18.0. The maximum absolute atomic E-state index is 11.0. The molecule has 172 valence electrons. The number of nitrogens with zero attached hydrogens (tertiary/aromatic N) is 1. The van der Waals surface area contributed by atoms with E-state index in [0.717, 1.165) is 50.2 Å². The molecule has 3 aromatic rings. The number of hydrogen-bond donors (Lipinski definition) is 1. The second-order valence-electron chi connectivity index (χ2n) is 9.73. The summed E-state index contributed by atoms with van der Waals surface area (Å²) in [5, 5.41) is 11.0. The summed E-state index contributed by atoms with van der Waals surface area (Å²) in [7, 11) is 0. The lowest BCUT2D eigenvalue weighted by molar-refractivity contribution is -0.0255. The monoisotopic (exact) mass is 441 g/mol. The lowest BCUT2D eigenvalue weighted by atomic mass is 9.84. The fraction of sp³-hybridized carbons (Fsp3) is 0.400. The first-order valence-electron chi connectivity index (χ1n) is 12.5. The summed E-state index contributed by atoms with van der Waals surface area (Å²) >= 11 is 0. The number of aryl methyl sites for hydroxylation is 2. The van der Waals surface area contributed by atoms with Crippen molar-refractivity contribution < 1.29 is 9.84 Å². The van der Waals surface area contributed by atoms with Crippen LogP contribution < -0.4 is 4.74 Å². The number of fused-ring (bicyclic) bond motifs is 1. The molecule has 0 saturated carbocycles. The first-order valence-corrected chi connectivity index (χ1v) is 12.5. The van der Waals surface area contributed by atoms with Crippen molar-refractivity contribution in [2.45, 2.75) is 57.2 Å². The fourth-order valence-corrected chi connectivity index (χ4v) is 5.24. The number of rotatable bonds is 7. The molecule has 0 unspecified atom stereocenters. The average molecular weight is 442 g/mol. The van der Waals surface area contributed by atoms with Crippen molar-refractivity contribution in [3.8, 4) is 5.75 Å². The zero-order valence-electron chi connectivity index (χ0n) is 19.5. The van der Waals surface area contributed by atoms with Crippen LogP contribution in [0.5, 0.6) is 5.75 Å². The largest absolute Gasteiger partial charge is 0.489 e. The third kappa shape index (κ3) is 5.48. The molecule has 5 rings (SSSR count). The van der Waals surface area contributed by atoms with E-state index in [1.54, 1.807) is 0 Å². The van der Waals surface area contributed by atoms with Gasteiger partial charge in [0.2, 0.25) is 0 Å². The number of ether oxygens (including phenoxy) is 1. The first kappa shape index (κ1) is 22.2. The topological polar surface area (TPSA) is 32.7 Å². The van der Waals surface area contributed by atoms with Gasteiger partial charge >= 0.3 is 0 Å². The lowest BCUT2D eigenvalue weighted by Gasteiger charge is -2.38. The maximum atomic E-state index is 11.0. The predicted octanol–water partition coefficient (Wildman–Crippen LogP) is 5.67. The van der Waals surface area contributed by atoms with Gasteiger partial charge < -0.3 is 14.7 Å². The van der Waals surface area contributed by atoms with Crippen molar-refractivity contribution in [3.63, 3.8) is 0 Å². The Labute approximate surface area is 198 Å². The molecular weight excluding hydrogens is 406 g/mol. The smallest absolute Gasteiger partial charge is 0.120 e. The van der Waals surface area contributed by atoms with Gasteiger partial charge in [-0.05, 0) is 84.9 Å². The van der Waals surface area contributed by atoms with Crippen LogP contribution >= 0.6 is 0 Å². The molecule has 0 aromatic heterocycles. The molecule has 1 aliphatic heterocycles. The Balaban J connectivity index is 1.08. The molecule has 0 spiro atoms. The van der Waals surface area contributed by atoms with Gasteiger partial charge in [-0.15, -0.1) is 0 Å². The molecule has 1 fully saturated rings. The highest BCUT2D eigenvalue weighted by Crippen LogP contribution is 2.32. The highest BCUT2D eigenvalue weighted by molar-refractivity contribution is 5.37. The van der Waals surface area contributed by atoms with Gasteiger partial charge in [0.25, 0.3) is 0 Å². The zero-order valence-corrected chi connectivity index (χ0v) is 19.5. The third-order valence-corrected chi connectivity index (χ3v) is 7.46. The van der Waals surface area contributed by atoms with E-state index >= 15 is 0 Å². The van der Waals surface area contributed by atoms with Crippen molar-refractivity contribution in [1.29, 1.82) is 0 Å². The number of aliphatic hydroxyl groups is 1. The standard InChI is InChI=1S/C30H35NO2/c32-30(28-8-2-1-3-9-28)17-20-31(21-18-30)19-16-24-10-12-25(13-11-24)23-33-29-15-14-26-6-4-5-7-27(26)22-29/h1-3,8-15,22,32H,4-7,16-21,23H2. The van der Waals surface area contributed by atoms with Crippen LogP contribution in [0.15, 0.2) is 72.8 Å². The molecule has 3 nitrogen and oxygen atoms in total. The summed E-state index contributed by atoms with van der Waals surface area (Å²) in [5.74, 6) is 0.986. The van der Waals surface area contributed by atoms with E-state index in [0.29, 0.717) is 6.61 Å². The molecule has 0 radical (unpaired) electrons. The Morgan fingerprint density at radius 3 is 2.24 bits per heavy atom. The Kier molecular flexibility index (Phi) is 6.80. The number of piperidine rings is 1.